The maximum absolute atomic E-state index is 11.4. The molecule has 1 aromatic rings. The van der Waals surface area contributed by atoms with Crippen LogP contribution in [0.1, 0.15) is 12.0 Å². The van der Waals surface area contributed by atoms with E-state index in [0.29, 0.717) is 6.61 Å². The number of ether oxygens (including phenoxy) is 1. The number of halogens is 1. The molecule has 16 heavy (non-hydrogen) atoms. The third-order valence-corrected chi connectivity index (χ3v) is 3.44. The number of cyclic esters (lactones) is 1. The number of carbonyl (C=O) groups excluding carboxylic acids is 1. The zero-order chi connectivity index (χ0) is 11.4. The fourth-order valence-corrected chi connectivity index (χ4v) is 2.24. The van der Waals surface area contributed by atoms with Crippen LogP contribution >= 0.6 is 15.9 Å². The van der Waals surface area contributed by atoms with Crippen LogP contribution in [0.15, 0.2) is 28.7 Å². The standard InChI is InChI=1S/C12H14BrNO2/c13-11-5-2-1-4-10(11)6-8-14-7-3-9-16-12(14)15/h1-2,4-5H,3,6-9H2. The summed E-state index contributed by atoms with van der Waals surface area (Å²) < 4.78 is 6.08. The molecule has 86 valence electrons. The van der Waals surface area contributed by atoms with Crippen molar-refractivity contribution < 1.29 is 9.53 Å². The van der Waals surface area contributed by atoms with Gasteiger partial charge in [-0.2, -0.15) is 0 Å². The van der Waals surface area contributed by atoms with E-state index >= 15 is 0 Å². The van der Waals surface area contributed by atoms with Crippen LogP contribution in [-0.2, 0) is 11.2 Å². The Hall–Kier alpha value is -1.03. The summed E-state index contributed by atoms with van der Waals surface area (Å²) in [4.78, 5) is 13.2. The van der Waals surface area contributed by atoms with Gasteiger partial charge in [-0.1, -0.05) is 34.1 Å². The molecule has 1 amide bonds. The summed E-state index contributed by atoms with van der Waals surface area (Å²) in [6, 6.07) is 8.08. The van der Waals surface area contributed by atoms with Crippen LogP contribution in [0.4, 0.5) is 4.79 Å². The first-order valence-electron chi connectivity index (χ1n) is 5.42. The molecule has 1 fully saturated rings. The lowest BCUT2D eigenvalue weighted by Gasteiger charge is -2.26. The molecule has 0 unspecified atom stereocenters. The molecule has 1 saturated heterocycles. The molecule has 0 bridgehead atoms. The van der Waals surface area contributed by atoms with Crippen molar-refractivity contribution in [1.29, 1.82) is 0 Å². The number of carbonyl (C=O) groups is 1. The highest BCUT2D eigenvalue weighted by molar-refractivity contribution is 9.10. The largest absolute Gasteiger partial charge is 0.449 e. The molecule has 0 saturated carbocycles. The lowest BCUT2D eigenvalue weighted by Crippen LogP contribution is -2.38. The summed E-state index contributed by atoms with van der Waals surface area (Å²) in [7, 11) is 0. The number of hydrogen-bond acceptors (Lipinski definition) is 2. The number of nitrogens with zero attached hydrogens (tertiary/aromatic N) is 1. The predicted octanol–water partition coefficient (Wildman–Crippen LogP) is 2.83. The summed E-state index contributed by atoms with van der Waals surface area (Å²) in [5.74, 6) is 0. The van der Waals surface area contributed by atoms with Crippen molar-refractivity contribution in [1.82, 2.24) is 4.90 Å². The van der Waals surface area contributed by atoms with Crippen molar-refractivity contribution in [2.45, 2.75) is 12.8 Å². The topological polar surface area (TPSA) is 29.5 Å². The zero-order valence-corrected chi connectivity index (χ0v) is 10.6. The Labute approximate surface area is 104 Å². The van der Waals surface area contributed by atoms with Gasteiger partial charge in [-0.05, 0) is 24.5 Å². The lowest BCUT2D eigenvalue weighted by atomic mass is 10.1. The molecule has 0 spiro atoms. The SMILES string of the molecule is O=C1OCCCN1CCc1ccccc1Br. The Balaban J connectivity index is 1.92. The van der Waals surface area contributed by atoms with Crippen LogP contribution in [-0.4, -0.2) is 30.7 Å². The van der Waals surface area contributed by atoms with E-state index < -0.39 is 0 Å². The van der Waals surface area contributed by atoms with E-state index in [1.165, 1.54) is 5.56 Å². The molecule has 0 radical (unpaired) electrons. The van der Waals surface area contributed by atoms with Crippen LogP contribution in [0.3, 0.4) is 0 Å². The first-order chi connectivity index (χ1) is 7.77. The molecule has 1 heterocycles. The first-order valence-corrected chi connectivity index (χ1v) is 6.22. The summed E-state index contributed by atoms with van der Waals surface area (Å²) in [6.07, 6.45) is 1.61. The Morgan fingerprint density at radius 2 is 2.19 bits per heavy atom. The zero-order valence-electron chi connectivity index (χ0n) is 8.99. The van der Waals surface area contributed by atoms with Gasteiger partial charge in [0.1, 0.15) is 0 Å². The van der Waals surface area contributed by atoms with Crippen molar-refractivity contribution in [2.24, 2.45) is 0 Å². The normalized spacial score (nSPS) is 16.1. The smallest absolute Gasteiger partial charge is 0.409 e. The van der Waals surface area contributed by atoms with E-state index in [9.17, 15) is 4.79 Å². The van der Waals surface area contributed by atoms with Crippen LogP contribution in [0.2, 0.25) is 0 Å². The van der Waals surface area contributed by atoms with Crippen LogP contribution < -0.4 is 0 Å². The van der Waals surface area contributed by atoms with Gasteiger partial charge in [-0.3, -0.25) is 0 Å². The van der Waals surface area contributed by atoms with Crippen LogP contribution in [0.25, 0.3) is 0 Å². The molecule has 0 atom stereocenters. The third-order valence-electron chi connectivity index (χ3n) is 2.67. The lowest BCUT2D eigenvalue weighted by molar-refractivity contribution is 0.0734. The van der Waals surface area contributed by atoms with E-state index in [1.807, 2.05) is 18.2 Å². The molecule has 1 aromatic carbocycles. The molecule has 1 aliphatic heterocycles. The third kappa shape index (κ3) is 2.76. The average molecular weight is 284 g/mol. The van der Waals surface area contributed by atoms with Crippen LogP contribution in [0, 0.1) is 0 Å². The van der Waals surface area contributed by atoms with Crippen molar-refractivity contribution in [2.75, 3.05) is 19.7 Å². The quantitative estimate of drug-likeness (QED) is 0.854. The van der Waals surface area contributed by atoms with E-state index in [-0.39, 0.29) is 6.09 Å². The molecule has 0 N–H and O–H groups in total. The highest BCUT2D eigenvalue weighted by Gasteiger charge is 2.18. The van der Waals surface area contributed by atoms with Gasteiger partial charge in [0.25, 0.3) is 0 Å². The van der Waals surface area contributed by atoms with Gasteiger partial charge in [-0.15, -0.1) is 0 Å². The van der Waals surface area contributed by atoms with Gasteiger partial charge in [0, 0.05) is 17.6 Å². The molecule has 3 nitrogen and oxygen atoms in total. The second kappa shape index (κ2) is 5.34. The highest BCUT2D eigenvalue weighted by atomic mass is 79.9. The Bertz CT molecular complexity index is 381. The first kappa shape index (κ1) is 11.5. The number of benzene rings is 1. The summed E-state index contributed by atoms with van der Waals surface area (Å²) >= 11 is 3.50. The minimum Gasteiger partial charge on any atom is -0.449 e. The highest BCUT2D eigenvalue weighted by Crippen LogP contribution is 2.17. The monoisotopic (exact) mass is 283 g/mol. The molecule has 0 aromatic heterocycles. The second-order valence-electron chi connectivity index (χ2n) is 3.80. The van der Waals surface area contributed by atoms with E-state index in [4.69, 9.17) is 4.74 Å². The number of amides is 1. The van der Waals surface area contributed by atoms with Gasteiger partial charge >= 0.3 is 6.09 Å². The minimum absolute atomic E-state index is 0.182. The summed E-state index contributed by atoms with van der Waals surface area (Å²) in [5.41, 5.74) is 1.22. The number of hydrogen-bond donors (Lipinski definition) is 0. The summed E-state index contributed by atoms with van der Waals surface area (Å²) in [5, 5.41) is 0. The maximum Gasteiger partial charge on any atom is 0.409 e. The van der Waals surface area contributed by atoms with Gasteiger partial charge in [0.05, 0.1) is 6.61 Å². The predicted molar refractivity (Wildman–Crippen MR) is 65.4 cm³/mol. The van der Waals surface area contributed by atoms with Gasteiger partial charge < -0.3 is 9.64 Å². The van der Waals surface area contributed by atoms with Crippen molar-refractivity contribution in [3.8, 4) is 0 Å². The van der Waals surface area contributed by atoms with Gasteiger partial charge in [-0.25, -0.2) is 4.79 Å². The Morgan fingerprint density at radius 1 is 1.38 bits per heavy atom. The fraction of sp³-hybridized carbons (Fsp3) is 0.417. The van der Waals surface area contributed by atoms with E-state index in [2.05, 4.69) is 22.0 Å². The van der Waals surface area contributed by atoms with Crippen molar-refractivity contribution in [3.05, 3.63) is 34.3 Å². The molecule has 1 aliphatic rings. The second-order valence-corrected chi connectivity index (χ2v) is 4.65. The minimum atomic E-state index is -0.182. The van der Waals surface area contributed by atoms with Gasteiger partial charge in [0.2, 0.25) is 0 Å². The molecule has 4 heteroatoms. The molecular formula is C12H14BrNO2. The van der Waals surface area contributed by atoms with Crippen LogP contribution in [0.5, 0.6) is 0 Å². The van der Waals surface area contributed by atoms with Crippen molar-refractivity contribution in [3.63, 3.8) is 0 Å². The molecule has 0 aliphatic carbocycles. The maximum atomic E-state index is 11.4. The average Bonchev–Trinajstić information content (AvgIpc) is 2.30. The van der Waals surface area contributed by atoms with Gasteiger partial charge in [0.15, 0.2) is 0 Å². The van der Waals surface area contributed by atoms with Crippen molar-refractivity contribution >= 4 is 22.0 Å². The summed E-state index contributed by atoms with van der Waals surface area (Å²) in [6.45, 7) is 2.09. The molecular weight excluding hydrogens is 270 g/mol. The number of rotatable bonds is 3. The Kier molecular flexibility index (Phi) is 3.83. The van der Waals surface area contributed by atoms with E-state index in [1.54, 1.807) is 4.90 Å². The Morgan fingerprint density at radius 3 is 2.94 bits per heavy atom. The van der Waals surface area contributed by atoms with E-state index in [0.717, 1.165) is 30.4 Å². The molecule has 2 rings (SSSR count). The fourth-order valence-electron chi connectivity index (χ4n) is 1.76.